The second kappa shape index (κ2) is 5.98. The molecule has 0 spiro atoms. The Hall–Kier alpha value is -2.05. The summed E-state index contributed by atoms with van der Waals surface area (Å²) in [5.74, 6) is 0.794. The van der Waals surface area contributed by atoms with Crippen LogP contribution in [0, 0.1) is 0 Å². The zero-order valence-electron chi connectivity index (χ0n) is 13.2. The lowest BCUT2D eigenvalue weighted by Gasteiger charge is -2.30. The Morgan fingerprint density at radius 1 is 1.41 bits per heavy atom. The lowest BCUT2D eigenvalue weighted by Crippen LogP contribution is -2.47. The number of carbonyl (C=O) groups excluding carboxylic acids is 2. The quantitative estimate of drug-likeness (QED) is 0.914. The van der Waals surface area contributed by atoms with Crippen LogP contribution in [0.15, 0.2) is 12.3 Å². The predicted molar refractivity (Wildman–Crippen MR) is 82.4 cm³/mol. The highest BCUT2D eigenvalue weighted by atomic mass is 16.2. The van der Waals surface area contributed by atoms with E-state index >= 15 is 0 Å². The summed E-state index contributed by atoms with van der Waals surface area (Å²) < 4.78 is 1.63. The topological polar surface area (TPSA) is 70.5 Å². The van der Waals surface area contributed by atoms with E-state index < -0.39 is 0 Å². The van der Waals surface area contributed by atoms with Crippen LogP contribution in [-0.4, -0.2) is 56.7 Å². The molecule has 0 radical (unpaired) electrons. The highest BCUT2D eigenvalue weighted by Gasteiger charge is 2.36. The first kappa shape index (κ1) is 14.9. The third-order valence-electron chi connectivity index (χ3n) is 4.49. The van der Waals surface area contributed by atoms with Crippen LogP contribution in [0.4, 0.5) is 10.6 Å². The maximum absolute atomic E-state index is 12.5. The number of hydrogen-bond acceptors (Lipinski definition) is 3. The molecule has 1 aromatic heterocycles. The molecule has 3 rings (SSSR count). The van der Waals surface area contributed by atoms with Gasteiger partial charge in [0, 0.05) is 39.2 Å². The summed E-state index contributed by atoms with van der Waals surface area (Å²) in [5.41, 5.74) is 0. The second-order valence-electron chi connectivity index (χ2n) is 6.16. The number of amides is 3. The van der Waals surface area contributed by atoms with E-state index in [1.165, 1.54) is 0 Å². The Bertz CT molecular complexity index is 566. The molecule has 0 unspecified atom stereocenters. The van der Waals surface area contributed by atoms with Crippen LogP contribution in [-0.2, 0) is 11.8 Å². The molecule has 1 aromatic rings. The van der Waals surface area contributed by atoms with Gasteiger partial charge in [-0.2, -0.15) is 5.10 Å². The molecule has 22 heavy (non-hydrogen) atoms. The number of likely N-dealkylation sites (tertiary alicyclic amines) is 1. The fourth-order valence-electron chi connectivity index (χ4n) is 3.12. The average molecular weight is 305 g/mol. The van der Waals surface area contributed by atoms with E-state index in [2.05, 4.69) is 10.4 Å². The van der Waals surface area contributed by atoms with Crippen LogP contribution in [0.5, 0.6) is 0 Å². The van der Waals surface area contributed by atoms with Gasteiger partial charge in [0.1, 0.15) is 5.82 Å². The fraction of sp³-hybridized carbons (Fsp3) is 0.667. The van der Waals surface area contributed by atoms with Crippen molar-refractivity contribution in [2.45, 2.75) is 44.7 Å². The lowest BCUT2D eigenvalue weighted by atomic mass is 10.2. The number of nitrogens with one attached hydrogen (secondary N) is 1. The van der Waals surface area contributed by atoms with Gasteiger partial charge in [0.2, 0.25) is 5.91 Å². The number of aromatic nitrogens is 2. The van der Waals surface area contributed by atoms with Gasteiger partial charge in [0.25, 0.3) is 0 Å². The third-order valence-corrected chi connectivity index (χ3v) is 4.49. The Kier molecular flexibility index (Phi) is 4.04. The molecule has 2 aliphatic rings. The molecule has 1 aliphatic carbocycles. The molecule has 1 atom stereocenters. The van der Waals surface area contributed by atoms with Crippen LogP contribution < -0.4 is 5.32 Å². The molecule has 7 heteroatoms. The Morgan fingerprint density at radius 3 is 2.77 bits per heavy atom. The van der Waals surface area contributed by atoms with Gasteiger partial charge < -0.3 is 9.80 Å². The Balaban J connectivity index is 1.63. The van der Waals surface area contributed by atoms with E-state index in [4.69, 9.17) is 0 Å². The van der Waals surface area contributed by atoms with Gasteiger partial charge in [-0.1, -0.05) is 0 Å². The molecule has 1 N–H and O–H groups in total. The van der Waals surface area contributed by atoms with Crippen LogP contribution in [0.3, 0.4) is 0 Å². The number of nitrogens with zero attached hydrogens (tertiary/aromatic N) is 4. The molecule has 7 nitrogen and oxygen atoms in total. The van der Waals surface area contributed by atoms with E-state index in [-0.39, 0.29) is 18.0 Å². The highest BCUT2D eigenvalue weighted by Crippen LogP contribution is 2.29. The monoisotopic (exact) mass is 305 g/mol. The maximum Gasteiger partial charge on any atom is 0.323 e. The first-order valence-corrected chi connectivity index (χ1v) is 7.89. The van der Waals surface area contributed by atoms with Gasteiger partial charge in [-0.05, 0) is 25.7 Å². The van der Waals surface area contributed by atoms with Crippen molar-refractivity contribution >= 4 is 17.8 Å². The van der Waals surface area contributed by atoms with Crippen molar-refractivity contribution in [1.82, 2.24) is 19.6 Å². The molecule has 3 amide bonds. The molecular formula is C15H23N5O2. The van der Waals surface area contributed by atoms with Crippen molar-refractivity contribution in [1.29, 1.82) is 0 Å². The predicted octanol–water partition coefficient (Wildman–Crippen LogP) is 1.43. The molecule has 2 heterocycles. The Morgan fingerprint density at radius 2 is 2.18 bits per heavy atom. The molecule has 1 saturated heterocycles. The second-order valence-corrected chi connectivity index (χ2v) is 6.16. The summed E-state index contributed by atoms with van der Waals surface area (Å²) in [7, 11) is 1.79. The van der Waals surface area contributed by atoms with E-state index in [0.29, 0.717) is 18.4 Å². The fourth-order valence-corrected chi connectivity index (χ4v) is 3.12. The molecule has 2 fully saturated rings. The van der Waals surface area contributed by atoms with Crippen molar-refractivity contribution in [3.8, 4) is 0 Å². The molecule has 120 valence electrons. The van der Waals surface area contributed by atoms with Crippen molar-refractivity contribution in [2.75, 3.05) is 18.4 Å². The minimum Gasteiger partial charge on any atom is -0.338 e. The summed E-state index contributed by atoms with van der Waals surface area (Å²) in [6, 6.07) is 2.16. The van der Waals surface area contributed by atoms with Gasteiger partial charge in [0.15, 0.2) is 0 Å². The molecule has 1 aliphatic heterocycles. The zero-order chi connectivity index (χ0) is 15.7. The minimum atomic E-state index is -0.106. The first-order valence-electron chi connectivity index (χ1n) is 7.89. The zero-order valence-corrected chi connectivity index (χ0v) is 13.2. The van der Waals surface area contributed by atoms with Crippen molar-refractivity contribution in [3.05, 3.63) is 12.3 Å². The van der Waals surface area contributed by atoms with Gasteiger partial charge in [-0.3, -0.25) is 14.8 Å². The summed E-state index contributed by atoms with van der Waals surface area (Å²) in [4.78, 5) is 28.1. The number of carbonyl (C=O) groups is 2. The van der Waals surface area contributed by atoms with Crippen LogP contribution in [0.25, 0.3) is 0 Å². The Labute approximate surface area is 130 Å². The summed E-state index contributed by atoms with van der Waals surface area (Å²) >= 11 is 0. The van der Waals surface area contributed by atoms with Crippen molar-refractivity contribution in [3.63, 3.8) is 0 Å². The number of aryl methyl sites for hydroxylation is 1. The smallest absolute Gasteiger partial charge is 0.323 e. The number of urea groups is 1. The van der Waals surface area contributed by atoms with Crippen LogP contribution in [0.1, 0.15) is 32.6 Å². The largest absolute Gasteiger partial charge is 0.338 e. The van der Waals surface area contributed by atoms with Crippen LogP contribution >= 0.6 is 0 Å². The van der Waals surface area contributed by atoms with Gasteiger partial charge >= 0.3 is 6.03 Å². The maximum atomic E-state index is 12.5. The third kappa shape index (κ3) is 3.08. The SMILES string of the molecule is CC(=O)N(C[C@@H]1CCCN1C(=O)Nc1ccnn1C)C1CC1. The average Bonchev–Trinajstić information content (AvgIpc) is 3.07. The standard InChI is InChI=1S/C15H23N5O2/c1-11(21)20(12-5-6-12)10-13-4-3-9-19(13)15(22)17-14-7-8-16-18(14)2/h7-8,12-13H,3-6,9-10H2,1-2H3,(H,17,22)/t13-/m0/s1. The number of anilines is 1. The van der Waals surface area contributed by atoms with E-state index in [1.54, 1.807) is 30.9 Å². The van der Waals surface area contributed by atoms with Crippen molar-refractivity contribution < 1.29 is 9.59 Å². The lowest BCUT2D eigenvalue weighted by molar-refractivity contribution is -0.130. The first-order chi connectivity index (χ1) is 10.6. The summed E-state index contributed by atoms with van der Waals surface area (Å²) in [6.45, 7) is 3.01. The molecule has 0 bridgehead atoms. The summed E-state index contributed by atoms with van der Waals surface area (Å²) in [6.07, 6.45) is 5.78. The number of hydrogen-bond donors (Lipinski definition) is 1. The number of rotatable bonds is 4. The van der Waals surface area contributed by atoms with Gasteiger partial charge in [-0.15, -0.1) is 0 Å². The molecule has 1 saturated carbocycles. The minimum absolute atomic E-state index is 0.106. The van der Waals surface area contributed by atoms with Gasteiger partial charge in [-0.25, -0.2) is 4.79 Å². The molecular weight excluding hydrogens is 282 g/mol. The normalized spacial score (nSPS) is 21.0. The summed E-state index contributed by atoms with van der Waals surface area (Å²) in [5, 5.41) is 6.94. The van der Waals surface area contributed by atoms with Gasteiger partial charge in [0.05, 0.1) is 12.2 Å². The van der Waals surface area contributed by atoms with Crippen LogP contribution in [0.2, 0.25) is 0 Å². The van der Waals surface area contributed by atoms with E-state index in [1.807, 2.05) is 9.80 Å². The molecule has 0 aromatic carbocycles. The van der Waals surface area contributed by atoms with E-state index in [0.717, 1.165) is 32.2 Å². The van der Waals surface area contributed by atoms with Crippen molar-refractivity contribution in [2.24, 2.45) is 7.05 Å². The van der Waals surface area contributed by atoms with E-state index in [9.17, 15) is 9.59 Å². The highest BCUT2D eigenvalue weighted by molar-refractivity contribution is 5.88.